The summed E-state index contributed by atoms with van der Waals surface area (Å²) < 4.78 is 44.2. The van der Waals surface area contributed by atoms with E-state index in [1.807, 2.05) is 43.3 Å². The van der Waals surface area contributed by atoms with Gasteiger partial charge in [-0.3, -0.25) is 4.18 Å². The fourth-order valence-corrected chi connectivity index (χ4v) is 9.11. The average molecular weight is 576 g/mol. The highest BCUT2D eigenvalue weighted by Gasteiger charge is 2.55. The number of ether oxygens (including phenoxy) is 2. The van der Waals surface area contributed by atoms with Gasteiger partial charge in [-0.1, -0.05) is 42.8 Å². The van der Waals surface area contributed by atoms with Gasteiger partial charge in [0.25, 0.3) is 10.1 Å². The zero-order chi connectivity index (χ0) is 28.8. The summed E-state index contributed by atoms with van der Waals surface area (Å²) in [6, 6.07) is 21.5. The normalized spacial score (nSPS) is 29.0. The van der Waals surface area contributed by atoms with Crippen molar-refractivity contribution in [1.82, 2.24) is 0 Å². The van der Waals surface area contributed by atoms with Crippen molar-refractivity contribution in [3.05, 3.63) is 83.4 Å². The lowest BCUT2D eigenvalue weighted by atomic mass is 9.49. The number of rotatable bonds is 7. The monoisotopic (exact) mass is 575 g/mol. The van der Waals surface area contributed by atoms with Crippen LogP contribution in [0.5, 0.6) is 11.5 Å². The number of anilines is 1. The van der Waals surface area contributed by atoms with E-state index in [0.717, 1.165) is 54.9 Å². The third-order valence-electron chi connectivity index (χ3n) is 10.2. The van der Waals surface area contributed by atoms with E-state index in [0.29, 0.717) is 24.2 Å². The molecule has 3 aliphatic carbocycles. The van der Waals surface area contributed by atoms with Crippen LogP contribution in [-0.4, -0.2) is 34.8 Å². The van der Waals surface area contributed by atoms with Crippen molar-refractivity contribution in [3.63, 3.8) is 0 Å². The van der Waals surface area contributed by atoms with Crippen molar-refractivity contribution >= 4 is 15.8 Å². The maximum atomic E-state index is 13.4. The molecular weight excluding hydrogens is 534 g/mol. The van der Waals surface area contributed by atoms with Gasteiger partial charge in [0.2, 0.25) is 0 Å². The van der Waals surface area contributed by atoms with Crippen molar-refractivity contribution < 1.29 is 22.1 Å². The van der Waals surface area contributed by atoms with Crippen LogP contribution in [0.25, 0.3) is 0 Å². The molecule has 0 bridgehead atoms. The topological polar surface area (TPSA) is 73.9 Å². The summed E-state index contributed by atoms with van der Waals surface area (Å²) in [5, 5.41) is 3.82. The van der Waals surface area contributed by atoms with Crippen molar-refractivity contribution in [2.24, 2.45) is 17.3 Å². The molecule has 0 unspecified atom stereocenters. The Kier molecular flexibility index (Phi) is 7.53. The van der Waals surface area contributed by atoms with Crippen LogP contribution in [0.2, 0.25) is 0 Å². The molecule has 0 radical (unpaired) electrons. The third-order valence-corrected chi connectivity index (χ3v) is 11.6. The van der Waals surface area contributed by atoms with Crippen LogP contribution in [0.3, 0.4) is 0 Å². The van der Waals surface area contributed by atoms with E-state index in [1.54, 1.807) is 26.4 Å². The highest BCUT2D eigenvalue weighted by atomic mass is 32.2. The van der Waals surface area contributed by atoms with E-state index >= 15 is 0 Å². The van der Waals surface area contributed by atoms with Crippen LogP contribution in [0.4, 0.5) is 5.69 Å². The fourth-order valence-electron chi connectivity index (χ4n) is 8.02. The van der Waals surface area contributed by atoms with E-state index in [2.05, 4.69) is 30.4 Å². The van der Waals surface area contributed by atoms with Crippen LogP contribution < -0.4 is 14.8 Å². The van der Waals surface area contributed by atoms with Gasteiger partial charge in [0.05, 0.1) is 30.9 Å². The molecule has 218 valence electrons. The maximum absolute atomic E-state index is 13.4. The number of benzene rings is 3. The molecule has 7 heteroatoms. The minimum absolute atomic E-state index is 0.0144. The Morgan fingerprint density at radius 2 is 1.71 bits per heavy atom. The molecule has 0 spiro atoms. The van der Waals surface area contributed by atoms with Crippen LogP contribution in [0.15, 0.2) is 71.6 Å². The predicted molar refractivity (Wildman–Crippen MR) is 161 cm³/mol. The Morgan fingerprint density at radius 1 is 0.927 bits per heavy atom. The number of methoxy groups -OCH3 is 2. The van der Waals surface area contributed by atoms with E-state index in [1.165, 1.54) is 11.1 Å². The van der Waals surface area contributed by atoms with Crippen molar-refractivity contribution in [3.8, 4) is 11.5 Å². The summed E-state index contributed by atoms with van der Waals surface area (Å²) in [7, 11) is -0.486. The Labute approximate surface area is 244 Å². The van der Waals surface area contributed by atoms with Gasteiger partial charge in [-0.15, -0.1) is 0 Å². The lowest BCUT2D eigenvalue weighted by molar-refractivity contribution is -0.0518. The average Bonchev–Trinajstić information content (AvgIpc) is 2.97. The smallest absolute Gasteiger partial charge is 0.297 e. The molecule has 0 saturated heterocycles. The first-order valence-corrected chi connectivity index (χ1v) is 16.2. The fraction of sp³-hybridized carbons (Fsp3) is 0.471. The summed E-state index contributed by atoms with van der Waals surface area (Å²) in [5.74, 6) is 2.94. The maximum Gasteiger partial charge on any atom is 0.297 e. The molecule has 0 aliphatic heterocycles. The Morgan fingerprint density at radius 3 is 2.46 bits per heavy atom. The number of hydrogen-bond acceptors (Lipinski definition) is 6. The number of aryl methyl sites for hydroxylation is 2. The van der Waals surface area contributed by atoms with E-state index in [4.69, 9.17) is 13.7 Å². The second kappa shape index (κ2) is 11.0. The molecule has 3 aliphatic rings. The van der Waals surface area contributed by atoms with E-state index < -0.39 is 16.2 Å². The number of para-hydroxylation sites is 2. The first-order chi connectivity index (χ1) is 19.7. The van der Waals surface area contributed by atoms with Crippen LogP contribution in [0, 0.1) is 24.2 Å². The van der Waals surface area contributed by atoms with Gasteiger partial charge in [-0.25, -0.2) is 0 Å². The molecule has 41 heavy (non-hydrogen) atoms. The molecule has 0 aromatic heterocycles. The van der Waals surface area contributed by atoms with Crippen molar-refractivity contribution in [1.29, 1.82) is 0 Å². The Hall–Kier alpha value is -3.03. The van der Waals surface area contributed by atoms with Gasteiger partial charge in [-0.2, -0.15) is 8.42 Å². The molecular formula is C34H41NO5S. The van der Waals surface area contributed by atoms with Crippen LogP contribution in [-0.2, 0) is 20.7 Å². The lowest BCUT2D eigenvalue weighted by Gasteiger charge is -2.58. The summed E-state index contributed by atoms with van der Waals surface area (Å²) >= 11 is 0. The summed E-state index contributed by atoms with van der Waals surface area (Å²) in [6.07, 6.45) is 5.22. The first-order valence-electron chi connectivity index (χ1n) is 14.8. The zero-order valence-corrected chi connectivity index (χ0v) is 25.2. The second-order valence-corrected chi connectivity index (χ2v) is 14.0. The highest BCUT2D eigenvalue weighted by molar-refractivity contribution is 7.86. The van der Waals surface area contributed by atoms with E-state index in [9.17, 15) is 8.42 Å². The summed E-state index contributed by atoms with van der Waals surface area (Å²) in [4.78, 5) is 0.215. The van der Waals surface area contributed by atoms with Crippen LogP contribution >= 0.6 is 0 Å². The standard InChI is InChI=1S/C34H41NO5S/c1-22-9-13-26(14-10-22)41(36,37)40-25-20-30-29-15-11-23-19-24(38-3)12-16-27(23)28(29)17-18-34(30,2)33(21-25)35-31-7-5-6-8-32(31)39-4/h5-10,12-14,16,19,25,28-30,33,35H,11,15,17-18,20-21H2,1-4H3/t25-,28+,29+,30-,33-,34-/m0/s1. The summed E-state index contributed by atoms with van der Waals surface area (Å²) in [5.41, 5.74) is 4.77. The van der Waals surface area contributed by atoms with Gasteiger partial charge >= 0.3 is 0 Å². The quantitative estimate of drug-likeness (QED) is 0.302. The molecule has 6 atom stereocenters. The Balaban J connectivity index is 1.34. The second-order valence-electron chi connectivity index (χ2n) is 12.4. The van der Waals surface area contributed by atoms with Gasteiger partial charge in [0, 0.05) is 6.04 Å². The van der Waals surface area contributed by atoms with Crippen LogP contribution in [0.1, 0.15) is 61.6 Å². The molecule has 0 amide bonds. The Bertz CT molecular complexity index is 1500. The van der Waals surface area contributed by atoms with Crippen molar-refractivity contribution in [2.75, 3.05) is 19.5 Å². The lowest BCUT2D eigenvalue weighted by Crippen LogP contribution is -2.57. The zero-order valence-electron chi connectivity index (χ0n) is 24.4. The van der Waals surface area contributed by atoms with Crippen molar-refractivity contribution in [2.45, 2.75) is 75.3 Å². The first kappa shape index (κ1) is 28.1. The predicted octanol–water partition coefficient (Wildman–Crippen LogP) is 7.12. The molecule has 1 N–H and O–H groups in total. The van der Waals surface area contributed by atoms with Gasteiger partial charge in [0.15, 0.2) is 0 Å². The number of fused-ring (bicyclic) bond motifs is 5. The minimum Gasteiger partial charge on any atom is -0.497 e. The molecule has 6 rings (SSSR count). The van der Waals surface area contributed by atoms with Gasteiger partial charge in [-0.05, 0) is 116 Å². The summed E-state index contributed by atoms with van der Waals surface area (Å²) in [6.45, 7) is 4.36. The van der Waals surface area contributed by atoms with E-state index in [-0.39, 0.29) is 16.4 Å². The molecule has 3 aromatic rings. The number of nitrogens with one attached hydrogen (secondary N) is 1. The molecule has 2 fully saturated rings. The highest BCUT2D eigenvalue weighted by Crippen LogP contribution is 2.60. The largest absolute Gasteiger partial charge is 0.497 e. The molecule has 6 nitrogen and oxygen atoms in total. The third kappa shape index (κ3) is 5.23. The molecule has 2 saturated carbocycles. The SMILES string of the molecule is COc1ccc2c(c1)CC[C@@H]1[C@@H]2CC[C@]2(C)[C@@H](Nc3ccccc3OC)C[C@@H](OS(=O)(=O)c3ccc(C)cc3)C[C@@H]12. The molecule has 0 heterocycles. The van der Waals surface area contributed by atoms with Gasteiger partial charge in [0.1, 0.15) is 11.5 Å². The van der Waals surface area contributed by atoms with Gasteiger partial charge < -0.3 is 14.8 Å². The number of hydrogen-bond donors (Lipinski definition) is 1. The minimum atomic E-state index is -3.90. The molecule has 3 aromatic carbocycles.